The van der Waals surface area contributed by atoms with Crippen LogP contribution in [0.25, 0.3) is 0 Å². The fourth-order valence-corrected chi connectivity index (χ4v) is 2.30. The van der Waals surface area contributed by atoms with E-state index in [9.17, 15) is 8.42 Å². The summed E-state index contributed by atoms with van der Waals surface area (Å²) in [5.41, 5.74) is 0. The van der Waals surface area contributed by atoms with Crippen molar-refractivity contribution >= 4 is 10.0 Å². The van der Waals surface area contributed by atoms with Gasteiger partial charge in [0.1, 0.15) is 0 Å². The molecule has 12 heavy (non-hydrogen) atoms. The Bertz CT molecular complexity index is 235. The predicted octanol–water partition coefficient (Wildman–Crippen LogP) is 0.972. The maximum Gasteiger partial charge on any atom is 0.208 e. The van der Waals surface area contributed by atoms with Crippen molar-refractivity contribution < 1.29 is 8.42 Å². The van der Waals surface area contributed by atoms with E-state index in [0.29, 0.717) is 18.4 Å². The molecule has 0 aromatic carbocycles. The van der Waals surface area contributed by atoms with E-state index < -0.39 is 10.0 Å². The molecule has 0 bridgehead atoms. The van der Waals surface area contributed by atoms with Gasteiger partial charge >= 0.3 is 0 Å². The molecule has 72 valence electrons. The van der Waals surface area contributed by atoms with Gasteiger partial charge in [-0.2, -0.15) is 0 Å². The first-order valence-electron chi connectivity index (χ1n) is 4.43. The van der Waals surface area contributed by atoms with E-state index in [1.54, 1.807) is 0 Å². The Labute approximate surface area is 74.6 Å². The highest BCUT2D eigenvalue weighted by Gasteiger charge is 2.23. The lowest BCUT2D eigenvalue weighted by molar-refractivity contribution is 0.415. The highest BCUT2D eigenvalue weighted by Crippen LogP contribution is 2.30. The fraction of sp³-hybridized carbons (Fsp3) is 1.00. The minimum atomic E-state index is -2.99. The van der Waals surface area contributed by atoms with E-state index in [2.05, 4.69) is 11.6 Å². The first-order chi connectivity index (χ1) is 5.49. The zero-order valence-electron chi connectivity index (χ0n) is 7.71. The molecule has 0 aromatic heterocycles. The van der Waals surface area contributed by atoms with Crippen LogP contribution in [-0.4, -0.2) is 21.2 Å². The van der Waals surface area contributed by atoms with E-state index in [1.165, 1.54) is 25.5 Å². The molecule has 0 saturated heterocycles. The van der Waals surface area contributed by atoms with Gasteiger partial charge < -0.3 is 0 Å². The summed E-state index contributed by atoms with van der Waals surface area (Å²) in [6.07, 6.45) is 4.88. The number of sulfonamides is 1. The number of rotatable bonds is 3. The maximum atomic E-state index is 10.8. The van der Waals surface area contributed by atoms with Crippen molar-refractivity contribution in [3.8, 4) is 0 Å². The summed E-state index contributed by atoms with van der Waals surface area (Å²) in [6.45, 7) is 2.82. The molecule has 1 fully saturated rings. The van der Waals surface area contributed by atoms with E-state index in [-0.39, 0.29) is 0 Å². The van der Waals surface area contributed by atoms with Crippen molar-refractivity contribution in [3.05, 3.63) is 0 Å². The van der Waals surface area contributed by atoms with Gasteiger partial charge in [-0.15, -0.1) is 0 Å². The van der Waals surface area contributed by atoms with E-state index >= 15 is 0 Å². The normalized spacial score (nSPS) is 30.8. The highest BCUT2D eigenvalue weighted by atomic mass is 32.2. The minimum absolute atomic E-state index is 0.555. The van der Waals surface area contributed by atoms with Gasteiger partial charge in [0.2, 0.25) is 10.0 Å². The van der Waals surface area contributed by atoms with Crippen LogP contribution in [0, 0.1) is 11.8 Å². The first-order valence-corrected chi connectivity index (χ1v) is 6.33. The Kier molecular flexibility index (Phi) is 3.12. The SMILES string of the molecule is CC1CCCC1CNS(C)(=O)=O. The summed E-state index contributed by atoms with van der Waals surface area (Å²) in [6, 6.07) is 0. The lowest BCUT2D eigenvalue weighted by Crippen LogP contribution is -2.29. The van der Waals surface area contributed by atoms with Gasteiger partial charge in [-0.1, -0.05) is 19.8 Å². The van der Waals surface area contributed by atoms with Crippen LogP contribution >= 0.6 is 0 Å². The van der Waals surface area contributed by atoms with Crippen LogP contribution in [0.15, 0.2) is 0 Å². The molecule has 3 nitrogen and oxygen atoms in total. The quantitative estimate of drug-likeness (QED) is 0.722. The van der Waals surface area contributed by atoms with Crippen molar-refractivity contribution in [3.63, 3.8) is 0 Å². The monoisotopic (exact) mass is 191 g/mol. The standard InChI is InChI=1S/C8H17NO2S/c1-7-4-3-5-8(7)6-9-12(2,10)11/h7-9H,3-6H2,1-2H3. The van der Waals surface area contributed by atoms with Gasteiger partial charge in [-0.05, 0) is 18.3 Å². The predicted molar refractivity (Wildman–Crippen MR) is 49.4 cm³/mol. The van der Waals surface area contributed by atoms with Crippen LogP contribution in [0.2, 0.25) is 0 Å². The van der Waals surface area contributed by atoms with Gasteiger partial charge in [0, 0.05) is 6.54 Å². The molecule has 1 aliphatic carbocycles. The molecule has 1 N–H and O–H groups in total. The summed E-state index contributed by atoms with van der Waals surface area (Å²) in [4.78, 5) is 0. The summed E-state index contributed by atoms with van der Waals surface area (Å²) in [7, 11) is -2.99. The maximum absolute atomic E-state index is 10.8. The van der Waals surface area contributed by atoms with Crippen LogP contribution in [-0.2, 0) is 10.0 Å². The van der Waals surface area contributed by atoms with Crippen LogP contribution in [0.1, 0.15) is 26.2 Å². The van der Waals surface area contributed by atoms with Crippen molar-refractivity contribution in [1.29, 1.82) is 0 Å². The molecule has 0 radical (unpaired) electrons. The third-order valence-corrected chi connectivity index (χ3v) is 3.34. The van der Waals surface area contributed by atoms with E-state index in [0.717, 1.165) is 0 Å². The molecule has 1 aliphatic rings. The second-order valence-electron chi connectivity index (χ2n) is 3.79. The van der Waals surface area contributed by atoms with Gasteiger partial charge in [0.05, 0.1) is 6.26 Å². The fourth-order valence-electron chi connectivity index (χ4n) is 1.78. The van der Waals surface area contributed by atoms with Crippen LogP contribution in [0.4, 0.5) is 0 Å². The Morgan fingerprint density at radius 2 is 2.08 bits per heavy atom. The Hall–Kier alpha value is -0.0900. The molecule has 1 rings (SSSR count). The number of hydrogen-bond donors (Lipinski definition) is 1. The van der Waals surface area contributed by atoms with Gasteiger partial charge in [-0.3, -0.25) is 0 Å². The largest absolute Gasteiger partial charge is 0.215 e. The van der Waals surface area contributed by atoms with Crippen molar-refractivity contribution in [2.24, 2.45) is 11.8 Å². The summed E-state index contributed by atoms with van der Waals surface area (Å²) in [5, 5.41) is 0. The molecule has 2 unspecified atom stereocenters. The second kappa shape index (κ2) is 3.75. The molecule has 4 heteroatoms. The Balaban J connectivity index is 2.32. The molecular formula is C8H17NO2S. The average molecular weight is 191 g/mol. The molecule has 0 aliphatic heterocycles. The Morgan fingerprint density at radius 3 is 2.50 bits per heavy atom. The summed E-state index contributed by atoms with van der Waals surface area (Å²) < 4.78 is 24.1. The van der Waals surface area contributed by atoms with Crippen LogP contribution < -0.4 is 4.72 Å². The molecule has 0 spiro atoms. The third-order valence-electron chi connectivity index (χ3n) is 2.65. The highest BCUT2D eigenvalue weighted by molar-refractivity contribution is 7.88. The smallest absolute Gasteiger partial charge is 0.208 e. The third kappa shape index (κ3) is 3.11. The van der Waals surface area contributed by atoms with Crippen molar-refractivity contribution in [1.82, 2.24) is 4.72 Å². The first kappa shape index (κ1) is 9.99. The van der Waals surface area contributed by atoms with Crippen molar-refractivity contribution in [2.45, 2.75) is 26.2 Å². The molecule has 2 atom stereocenters. The van der Waals surface area contributed by atoms with E-state index in [4.69, 9.17) is 0 Å². The molecule has 1 saturated carbocycles. The minimum Gasteiger partial charge on any atom is -0.215 e. The van der Waals surface area contributed by atoms with Crippen molar-refractivity contribution in [2.75, 3.05) is 12.8 Å². The molecular weight excluding hydrogens is 174 g/mol. The van der Waals surface area contributed by atoms with Gasteiger partial charge in [0.25, 0.3) is 0 Å². The number of hydrogen-bond acceptors (Lipinski definition) is 2. The summed E-state index contributed by atoms with van der Waals surface area (Å²) in [5.74, 6) is 1.24. The molecule has 0 aromatic rings. The van der Waals surface area contributed by atoms with Crippen LogP contribution in [0.3, 0.4) is 0 Å². The van der Waals surface area contributed by atoms with Gasteiger partial charge in [-0.25, -0.2) is 13.1 Å². The molecule has 0 heterocycles. The van der Waals surface area contributed by atoms with Gasteiger partial charge in [0.15, 0.2) is 0 Å². The zero-order chi connectivity index (χ0) is 9.19. The van der Waals surface area contributed by atoms with Crippen LogP contribution in [0.5, 0.6) is 0 Å². The Morgan fingerprint density at radius 1 is 1.42 bits per heavy atom. The summed E-state index contributed by atoms with van der Waals surface area (Å²) >= 11 is 0. The lowest BCUT2D eigenvalue weighted by atomic mass is 9.99. The second-order valence-corrected chi connectivity index (χ2v) is 5.62. The molecule has 0 amide bonds. The topological polar surface area (TPSA) is 46.2 Å². The zero-order valence-corrected chi connectivity index (χ0v) is 8.52. The average Bonchev–Trinajstić information content (AvgIpc) is 2.29. The number of nitrogens with one attached hydrogen (secondary N) is 1. The lowest BCUT2D eigenvalue weighted by Gasteiger charge is -2.14. The van der Waals surface area contributed by atoms with E-state index in [1.807, 2.05) is 0 Å².